The van der Waals surface area contributed by atoms with Crippen LogP contribution < -0.4 is 15.5 Å². The first-order valence-corrected chi connectivity index (χ1v) is 8.05. The maximum Gasteiger partial charge on any atom is 0.355 e. The van der Waals surface area contributed by atoms with E-state index in [9.17, 15) is 14.4 Å². The second kappa shape index (κ2) is 7.16. The number of esters is 2. The van der Waals surface area contributed by atoms with E-state index in [1.807, 2.05) is 19.0 Å². The number of aromatic nitrogens is 2. The summed E-state index contributed by atoms with van der Waals surface area (Å²) in [5.74, 6) is -1.37. The first kappa shape index (κ1) is 18.5. The molecule has 1 aromatic carbocycles. The van der Waals surface area contributed by atoms with Crippen LogP contribution in [0.25, 0.3) is 11.0 Å². The van der Waals surface area contributed by atoms with Gasteiger partial charge in [-0.05, 0) is 12.1 Å². The molecule has 1 aromatic heterocycles. The second-order valence-electron chi connectivity index (χ2n) is 6.08. The lowest BCUT2D eigenvalue weighted by Gasteiger charge is -2.33. The van der Waals surface area contributed by atoms with Gasteiger partial charge < -0.3 is 34.0 Å². The van der Waals surface area contributed by atoms with Gasteiger partial charge in [-0.15, -0.1) is 0 Å². The molecule has 0 fully saturated rings. The fraction of sp³-hybridized carbons (Fsp3) is 0.353. The zero-order valence-corrected chi connectivity index (χ0v) is 15.4. The van der Waals surface area contributed by atoms with E-state index in [0.29, 0.717) is 22.4 Å². The first-order chi connectivity index (χ1) is 12.9. The highest BCUT2D eigenvalue weighted by molar-refractivity contribution is 6.04. The van der Waals surface area contributed by atoms with Crippen LogP contribution in [-0.4, -0.2) is 63.6 Å². The van der Waals surface area contributed by atoms with E-state index in [2.05, 4.69) is 9.97 Å². The van der Waals surface area contributed by atoms with Crippen LogP contribution in [0.4, 0.5) is 11.4 Å². The molecule has 1 aliphatic heterocycles. The highest BCUT2D eigenvalue weighted by Crippen LogP contribution is 2.36. The number of methoxy groups -OCH3 is 2. The summed E-state index contributed by atoms with van der Waals surface area (Å²) in [5.41, 5.74) is 2.18. The number of anilines is 2. The molecule has 144 valence electrons. The highest BCUT2D eigenvalue weighted by Gasteiger charge is 2.33. The van der Waals surface area contributed by atoms with Gasteiger partial charge in [-0.3, -0.25) is 0 Å². The molecule has 0 saturated carbocycles. The number of H-pyrrole nitrogens is 2. The molecule has 0 amide bonds. The molecule has 2 aromatic rings. The minimum Gasteiger partial charge on any atom is -0.466 e. The van der Waals surface area contributed by atoms with Gasteiger partial charge in [-0.1, -0.05) is 0 Å². The van der Waals surface area contributed by atoms with E-state index in [4.69, 9.17) is 14.2 Å². The molecule has 0 radical (unpaired) electrons. The maximum absolute atomic E-state index is 12.5. The summed E-state index contributed by atoms with van der Waals surface area (Å²) in [6, 6.07) is 3.47. The quantitative estimate of drug-likeness (QED) is 0.733. The van der Waals surface area contributed by atoms with Crippen molar-refractivity contribution in [1.29, 1.82) is 0 Å². The number of benzene rings is 1. The Bertz CT molecular complexity index is 987. The zero-order chi connectivity index (χ0) is 19.7. The monoisotopic (exact) mass is 376 g/mol. The minimum absolute atomic E-state index is 0.0198. The molecule has 1 aliphatic rings. The Hall–Kier alpha value is -3.27. The van der Waals surface area contributed by atoms with Gasteiger partial charge in [0.05, 0.1) is 48.8 Å². The van der Waals surface area contributed by atoms with Gasteiger partial charge in [0.15, 0.2) is 0 Å². The van der Waals surface area contributed by atoms with Crippen LogP contribution >= 0.6 is 0 Å². The fourth-order valence-electron chi connectivity index (χ4n) is 2.97. The summed E-state index contributed by atoms with van der Waals surface area (Å²) in [4.78, 5) is 45.0. The molecule has 0 spiro atoms. The number of ether oxygens (including phenoxy) is 3. The number of carbonyl (C=O) groups is 2. The summed E-state index contributed by atoms with van der Waals surface area (Å²) in [7, 11) is 6.11. The molecular formula is C17H20N4O6. The molecule has 2 heterocycles. The summed E-state index contributed by atoms with van der Waals surface area (Å²) in [6.07, 6.45) is 0. The van der Waals surface area contributed by atoms with Gasteiger partial charge >= 0.3 is 17.6 Å². The van der Waals surface area contributed by atoms with Crippen molar-refractivity contribution < 1.29 is 23.8 Å². The molecule has 2 N–H and O–H groups in total. The van der Waals surface area contributed by atoms with Crippen LogP contribution in [0.15, 0.2) is 28.2 Å². The van der Waals surface area contributed by atoms with Crippen molar-refractivity contribution in [3.05, 3.63) is 33.9 Å². The fourth-order valence-corrected chi connectivity index (χ4v) is 2.97. The van der Waals surface area contributed by atoms with Crippen LogP contribution in [0.1, 0.15) is 0 Å². The minimum atomic E-state index is -0.689. The molecule has 3 rings (SSSR count). The maximum atomic E-state index is 12.5. The summed E-state index contributed by atoms with van der Waals surface area (Å²) in [5, 5.41) is 0. The van der Waals surface area contributed by atoms with Crippen LogP contribution in [0.5, 0.6) is 0 Å². The second-order valence-corrected chi connectivity index (χ2v) is 6.08. The number of hydrogen-bond donors (Lipinski definition) is 2. The van der Waals surface area contributed by atoms with Crippen molar-refractivity contribution in [2.24, 2.45) is 0 Å². The topological polar surface area (TPSA) is 117 Å². The SMILES string of the molecule is COC(=O)C1=C(C(=O)OC)N(c2cc3[nH]c(=O)[nH]c3cc2N(C)C)COC1. The molecule has 0 bridgehead atoms. The van der Waals surface area contributed by atoms with E-state index in [1.54, 1.807) is 12.1 Å². The summed E-state index contributed by atoms with van der Waals surface area (Å²) >= 11 is 0. The van der Waals surface area contributed by atoms with Gasteiger partial charge in [0, 0.05) is 14.1 Å². The number of imidazole rings is 1. The third-order valence-corrected chi connectivity index (χ3v) is 4.22. The lowest BCUT2D eigenvalue weighted by Crippen LogP contribution is -2.39. The average Bonchev–Trinajstić information content (AvgIpc) is 3.03. The van der Waals surface area contributed by atoms with Crippen LogP contribution in [0.2, 0.25) is 0 Å². The van der Waals surface area contributed by atoms with Gasteiger partial charge in [-0.2, -0.15) is 0 Å². The van der Waals surface area contributed by atoms with E-state index in [1.165, 1.54) is 19.1 Å². The number of hydrogen-bond acceptors (Lipinski definition) is 8. The van der Waals surface area contributed by atoms with Crippen LogP contribution in [0, 0.1) is 0 Å². The number of nitrogens with one attached hydrogen (secondary N) is 2. The van der Waals surface area contributed by atoms with Gasteiger partial charge in [0.25, 0.3) is 0 Å². The largest absolute Gasteiger partial charge is 0.466 e. The van der Waals surface area contributed by atoms with Crippen molar-refractivity contribution in [1.82, 2.24) is 9.97 Å². The Labute approximate surface area is 154 Å². The number of aromatic amines is 2. The van der Waals surface area contributed by atoms with E-state index in [0.717, 1.165) is 0 Å². The Kier molecular flexibility index (Phi) is 4.91. The summed E-state index contributed by atoms with van der Waals surface area (Å²) < 4.78 is 15.2. The van der Waals surface area contributed by atoms with Gasteiger partial charge in [0.2, 0.25) is 0 Å². The first-order valence-electron chi connectivity index (χ1n) is 8.05. The Morgan fingerprint density at radius 3 is 2.33 bits per heavy atom. The molecule has 10 heteroatoms. The van der Waals surface area contributed by atoms with Crippen molar-refractivity contribution in [3.8, 4) is 0 Å². The number of nitrogens with zero attached hydrogens (tertiary/aromatic N) is 2. The van der Waals surface area contributed by atoms with E-state index < -0.39 is 11.9 Å². The smallest absolute Gasteiger partial charge is 0.355 e. The lowest BCUT2D eigenvalue weighted by atomic mass is 10.1. The molecule has 0 unspecified atom stereocenters. The Balaban J connectivity index is 2.26. The number of fused-ring (bicyclic) bond motifs is 1. The standard InChI is InChI=1S/C17H20N4O6/c1-20(2)12-5-10-11(19-17(24)18-10)6-13(12)21-8-27-7-9(15(22)25-3)14(21)16(23)26-4/h5-6H,7-8H2,1-4H3,(H2,18,19,24). The zero-order valence-electron chi connectivity index (χ0n) is 15.4. The average molecular weight is 376 g/mol. The van der Waals surface area contributed by atoms with Gasteiger partial charge in [0.1, 0.15) is 12.4 Å². The Morgan fingerprint density at radius 2 is 1.74 bits per heavy atom. The molecular weight excluding hydrogens is 356 g/mol. The van der Waals surface area contributed by atoms with E-state index in [-0.39, 0.29) is 30.3 Å². The predicted octanol–water partition coefficient (Wildman–Crippen LogP) is 0.316. The molecule has 0 saturated heterocycles. The van der Waals surface area contributed by atoms with Crippen molar-refractivity contribution in [3.63, 3.8) is 0 Å². The number of carbonyl (C=O) groups excluding carboxylic acids is 2. The van der Waals surface area contributed by atoms with E-state index >= 15 is 0 Å². The predicted molar refractivity (Wildman–Crippen MR) is 97.6 cm³/mol. The van der Waals surface area contributed by atoms with Crippen molar-refractivity contribution in [2.45, 2.75) is 0 Å². The van der Waals surface area contributed by atoms with Gasteiger partial charge in [-0.25, -0.2) is 14.4 Å². The lowest BCUT2D eigenvalue weighted by molar-refractivity contribution is -0.140. The van der Waals surface area contributed by atoms with Crippen molar-refractivity contribution in [2.75, 3.05) is 51.5 Å². The van der Waals surface area contributed by atoms with Crippen LogP contribution in [-0.2, 0) is 23.8 Å². The normalized spacial score (nSPS) is 14.4. The summed E-state index contributed by atoms with van der Waals surface area (Å²) in [6.45, 7) is -0.0555. The highest BCUT2D eigenvalue weighted by atomic mass is 16.5. The Morgan fingerprint density at radius 1 is 1.11 bits per heavy atom. The molecule has 10 nitrogen and oxygen atoms in total. The third kappa shape index (κ3) is 3.26. The molecule has 0 atom stereocenters. The molecule has 0 aliphatic carbocycles. The third-order valence-electron chi connectivity index (χ3n) is 4.22. The van der Waals surface area contributed by atoms with Crippen LogP contribution in [0.3, 0.4) is 0 Å². The van der Waals surface area contributed by atoms with Crippen molar-refractivity contribution >= 4 is 34.3 Å². The number of rotatable bonds is 4. The molecule has 27 heavy (non-hydrogen) atoms.